The molecule has 1 heterocycles. The van der Waals surface area contributed by atoms with E-state index in [4.69, 9.17) is 4.74 Å². The Labute approximate surface area is 109 Å². The van der Waals surface area contributed by atoms with Gasteiger partial charge in [0.25, 0.3) is 0 Å². The average molecular weight is 247 g/mol. The van der Waals surface area contributed by atoms with Crippen molar-refractivity contribution in [3.8, 4) is 5.75 Å². The Balaban J connectivity index is 2.34. The van der Waals surface area contributed by atoms with Gasteiger partial charge in [-0.1, -0.05) is 12.5 Å². The second kappa shape index (κ2) is 5.53. The Morgan fingerprint density at radius 3 is 2.72 bits per heavy atom. The van der Waals surface area contributed by atoms with Crippen LogP contribution in [0.1, 0.15) is 40.7 Å². The Kier molecular flexibility index (Phi) is 4.02. The number of piperidine rings is 1. The number of methoxy groups -OCH3 is 1. The van der Waals surface area contributed by atoms with Crippen molar-refractivity contribution in [1.29, 1.82) is 0 Å². The van der Waals surface area contributed by atoms with Gasteiger partial charge < -0.3 is 10.1 Å². The van der Waals surface area contributed by atoms with Gasteiger partial charge in [0.05, 0.1) is 18.7 Å². The summed E-state index contributed by atoms with van der Waals surface area (Å²) in [5, 5.41) is 3.31. The molecular formula is C15H21NO2. The number of ether oxygens (including phenoxy) is 1. The van der Waals surface area contributed by atoms with Crippen LogP contribution >= 0.6 is 0 Å². The van der Waals surface area contributed by atoms with Crippen LogP contribution in [0.15, 0.2) is 12.1 Å². The molecule has 18 heavy (non-hydrogen) atoms. The third-order valence-corrected chi connectivity index (χ3v) is 3.54. The van der Waals surface area contributed by atoms with Gasteiger partial charge in [-0.2, -0.15) is 0 Å². The van der Waals surface area contributed by atoms with E-state index in [1.54, 1.807) is 7.11 Å². The van der Waals surface area contributed by atoms with Crippen LogP contribution < -0.4 is 10.1 Å². The fourth-order valence-corrected chi connectivity index (χ4v) is 2.66. The summed E-state index contributed by atoms with van der Waals surface area (Å²) in [6.45, 7) is 4.93. The van der Waals surface area contributed by atoms with Gasteiger partial charge >= 0.3 is 0 Å². The lowest BCUT2D eigenvalue weighted by Gasteiger charge is -2.24. The molecule has 3 nitrogen and oxygen atoms in total. The lowest BCUT2D eigenvalue weighted by molar-refractivity contribution is 0.0923. The molecule has 0 saturated carbocycles. The van der Waals surface area contributed by atoms with Crippen molar-refractivity contribution < 1.29 is 9.53 Å². The summed E-state index contributed by atoms with van der Waals surface area (Å²) < 4.78 is 5.37. The Bertz CT molecular complexity index is 448. The summed E-state index contributed by atoms with van der Waals surface area (Å²) >= 11 is 0. The number of benzene rings is 1. The maximum absolute atomic E-state index is 12.6. The minimum absolute atomic E-state index is 0.0472. The van der Waals surface area contributed by atoms with Crippen molar-refractivity contribution in [3.05, 3.63) is 28.8 Å². The van der Waals surface area contributed by atoms with Crippen molar-refractivity contribution in [2.45, 2.75) is 39.2 Å². The zero-order chi connectivity index (χ0) is 13.1. The number of hydrogen-bond donors (Lipinski definition) is 1. The summed E-state index contributed by atoms with van der Waals surface area (Å²) in [5.74, 6) is 0.869. The first-order valence-corrected chi connectivity index (χ1v) is 6.56. The smallest absolute Gasteiger partial charge is 0.183 e. The van der Waals surface area contributed by atoms with Gasteiger partial charge in [-0.25, -0.2) is 0 Å². The zero-order valence-electron chi connectivity index (χ0n) is 11.4. The molecule has 1 aliphatic heterocycles. The standard InChI is InChI=1S/C15H21NO2/c1-10-8-11(2)14(13(9-10)18-3)15(17)12-6-4-5-7-16-12/h8-9,12,16H,4-7H2,1-3H3. The van der Waals surface area contributed by atoms with Crippen LogP contribution in [0.4, 0.5) is 0 Å². The number of nitrogens with one attached hydrogen (secondary N) is 1. The van der Waals surface area contributed by atoms with E-state index in [9.17, 15) is 4.79 Å². The van der Waals surface area contributed by atoms with Gasteiger partial charge in [0.15, 0.2) is 5.78 Å². The SMILES string of the molecule is COc1cc(C)cc(C)c1C(=O)C1CCCCN1. The second-order valence-corrected chi connectivity index (χ2v) is 5.03. The van der Waals surface area contributed by atoms with E-state index in [1.807, 2.05) is 26.0 Å². The molecule has 1 unspecified atom stereocenters. The maximum Gasteiger partial charge on any atom is 0.183 e. The predicted octanol–water partition coefficient (Wildman–Crippen LogP) is 2.64. The van der Waals surface area contributed by atoms with E-state index in [0.29, 0.717) is 5.75 Å². The zero-order valence-corrected chi connectivity index (χ0v) is 11.4. The van der Waals surface area contributed by atoms with Gasteiger partial charge in [0.1, 0.15) is 5.75 Å². The lowest BCUT2D eigenvalue weighted by atomic mass is 9.92. The molecule has 1 aromatic carbocycles. The summed E-state index contributed by atoms with van der Waals surface area (Å²) in [6, 6.07) is 3.93. The molecule has 3 heteroatoms. The Morgan fingerprint density at radius 1 is 1.33 bits per heavy atom. The quantitative estimate of drug-likeness (QED) is 0.834. The molecule has 0 amide bonds. The number of aryl methyl sites for hydroxylation is 2. The summed E-state index contributed by atoms with van der Waals surface area (Å²) in [7, 11) is 1.62. The van der Waals surface area contributed by atoms with Gasteiger partial charge in [0.2, 0.25) is 0 Å². The number of carbonyl (C=O) groups excluding carboxylic acids is 1. The largest absolute Gasteiger partial charge is 0.496 e. The molecule has 1 N–H and O–H groups in total. The van der Waals surface area contributed by atoms with Gasteiger partial charge in [0, 0.05) is 0 Å². The lowest BCUT2D eigenvalue weighted by Crippen LogP contribution is -2.40. The highest BCUT2D eigenvalue weighted by Gasteiger charge is 2.25. The first-order valence-electron chi connectivity index (χ1n) is 6.56. The average Bonchev–Trinajstić information content (AvgIpc) is 2.38. The van der Waals surface area contributed by atoms with Crippen molar-refractivity contribution in [2.24, 2.45) is 0 Å². The Morgan fingerprint density at radius 2 is 2.11 bits per heavy atom. The van der Waals surface area contributed by atoms with Gasteiger partial charge in [-0.05, 0) is 50.4 Å². The third-order valence-electron chi connectivity index (χ3n) is 3.54. The number of rotatable bonds is 3. The molecule has 2 rings (SSSR count). The number of hydrogen-bond acceptors (Lipinski definition) is 3. The van der Waals surface area contributed by atoms with Crippen LogP contribution in [0.5, 0.6) is 5.75 Å². The predicted molar refractivity (Wildman–Crippen MR) is 72.4 cm³/mol. The van der Waals surface area contributed by atoms with E-state index >= 15 is 0 Å². The van der Waals surface area contributed by atoms with Crippen LogP contribution in [0.25, 0.3) is 0 Å². The molecule has 1 aromatic rings. The van der Waals surface area contributed by atoms with E-state index in [2.05, 4.69) is 5.32 Å². The minimum atomic E-state index is -0.0472. The van der Waals surface area contributed by atoms with E-state index in [0.717, 1.165) is 42.5 Å². The first kappa shape index (κ1) is 13.1. The van der Waals surface area contributed by atoms with E-state index in [1.165, 1.54) is 0 Å². The molecule has 1 aliphatic rings. The summed E-state index contributed by atoms with van der Waals surface area (Å²) in [4.78, 5) is 12.6. The maximum atomic E-state index is 12.6. The molecule has 0 spiro atoms. The normalized spacial score (nSPS) is 19.6. The summed E-state index contributed by atoms with van der Waals surface area (Å²) in [5.41, 5.74) is 2.87. The topological polar surface area (TPSA) is 38.3 Å². The molecule has 1 fully saturated rings. The van der Waals surface area contributed by atoms with Crippen molar-refractivity contribution in [3.63, 3.8) is 0 Å². The minimum Gasteiger partial charge on any atom is -0.496 e. The summed E-state index contributed by atoms with van der Waals surface area (Å²) in [6.07, 6.45) is 3.21. The molecule has 0 radical (unpaired) electrons. The van der Waals surface area contributed by atoms with E-state index in [-0.39, 0.29) is 11.8 Å². The van der Waals surface area contributed by atoms with Crippen LogP contribution in [-0.2, 0) is 0 Å². The molecule has 0 aliphatic carbocycles. The second-order valence-electron chi connectivity index (χ2n) is 5.03. The monoisotopic (exact) mass is 247 g/mol. The molecule has 1 atom stereocenters. The Hall–Kier alpha value is -1.35. The van der Waals surface area contributed by atoms with E-state index < -0.39 is 0 Å². The number of ketones is 1. The van der Waals surface area contributed by atoms with Crippen molar-refractivity contribution >= 4 is 5.78 Å². The van der Waals surface area contributed by atoms with Crippen molar-refractivity contribution in [2.75, 3.05) is 13.7 Å². The fourth-order valence-electron chi connectivity index (χ4n) is 2.66. The molecule has 98 valence electrons. The highest BCUT2D eigenvalue weighted by Crippen LogP contribution is 2.27. The molecule has 0 bridgehead atoms. The van der Waals surface area contributed by atoms with Gasteiger partial charge in [-0.3, -0.25) is 4.79 Å². The third kappa shape index (κ3) is 2.56. The van der Waals surface area contributed by atoms with Gasteiger partial charge in [-0.15, -0.1) is 0 Å². The van der Waals surface area contributed by atoms with Crippen molar-refractivity contribution in [1.82, 2.24) is 5.32 Å². The number of Topliss-reactive ketones (excluding diaryl/α,β-unsaturated/α-hetero) is 1. The van der Waals surface area contributed by atoms with Crippen LogP contribution in [-0.4, -0.2) is 25.5 Å². The van der Waals surface area contributed by atoms with Crippen LogP contribution in [0.2, 0.25) is 0 Å². The van der Waals surface area contributed by atoms with Crippen LogP contribution in [0.3, 0.4) is 0 Å². The highest BCUT2D eigenvalue weighted by molar-refractivity contribution is 6.03. The molecule has 0 aromatic heterocycles. The number of carbonyl (C=O) groups is 1. The fraction of sp³-hybridized carbons (Fsp3) is 0.533. The molecular weight excluding hydrogens is 226 g/mol. The highest BCUT2D eigenvalue weighted by atomic mass is 16.5. The van der Waals surface area contributed by atoms with Crippen LogP contribution in [0, 0.1) is 13.8 Å². The molecule has 1 saturated heterocycles. The first-order chi connectivity index (χ1) is 8.63.